The van der Waals surface area contributed by atoms with Crippen LogP contribution in [0, 0.1) is 0 Å². The SMILES string of the molecule is CCC[CH2][Sn]([CH2]CCC)([CH2]CCC)[C@@H](CCCCCCCOCc1ccccc1)NS(=O)C(C)(C)C. The van der Waals surface area contributed by atoms with Crippen molar-refractivity contribution < 1.29 is 8.95 Å². The molecule has 1 aromatic rings. The van der Waals surface area contributed by atoms with E-state index in [0.29, 0.717) is 4.06 Å². The van der Waals surface area contributed by atoms with Crippen LogP contribution in [0.1, 0.15) is 124 Å². The molecule has 1 aromatic carbocycles. The van der Waals surface area contributed by atoms with Crippen LogP contribution in [0.25, 0.3) is 0 Å². The quantitative estimate of drug-likeness (QED) is 0.103. The minimum atomic E-state index is -2.52. The zero-order chi connectivity index (χ0) is 26.7. The van der Waals surface area contributed by atoms with E-state index in [0.717, 1.165) is 19.6 Å². The van der Waals surface area contributed by atoms with Crippen LogP contribution in [0.5, 0.6) is 0 Å². The van der Waals surface area contributed by atoms with Gasteiger partial charge in [0.1, 0.15) is 0 Å². The standard InChI is InChI=1S/C19H32NO2S.3C4H9.Sn/c1-19(2,3)23(21)20-15-11-6-4-5-7-12-16-22-17-18-13-9-8-10-14-18;3*1-3-4-2;/h8-10,13-15,20H,4-7,11-12,16-17H2,1-3H3;3*1,3-4H2,2H3;. The molecule has 0 spiro atoms. The summed E-state index contributed by atoms with van der Waals surface area (Å²) in [6, 6.07) is 10.5. The fourth-order valence-electron chi connectivity index (χ4n) is 5.13. The zero-order valence-corrected chi connectivity index (χ0v) is 28.4. The molecule has 0 amide bonds. The van der Waals surface area contributed by atoms with Crippen molar-refractivity contribution in [3.05, 3.63) is 35.9 Å². The van der Waals surface area contributed by atoms with E-state index in [1.807, 2.05) is 0 Å². The van der Waals surface area contributed by atoms with Crippen LogP contribution < -0.4 is 4.72 Å². The van der Waals surface area contributed by atoms with Crippen molar-refractivity contribution in [1.29, 1.82) is 0 Å². The van der Waals surface area contributed by atoms with E-state index in [9.17, 15) is 4.21 Å². The molecule has 1 N–H and O–H groups in total. The van der Waals surface area contributed by atoms with Gasteiger partial charge in [-0.3, -0.25) is 0 Å². The number of benzene rings is 1. The predicted octanol–water partition coefficient (Wildman–Crippen LogP) is 9.35. The van der Waals surface area contributed by atoms with Gasteiger partial charge in [-0.15, -0.1) is 0 Å². The second kappa shape index (κ2) is 20.1. The predicted molar refractivity (Wildman–Crippen MR) is 164 cm³/mol. The number of hydrogen-bond acceptors (Lipinski definition) is 2. The molecule has 2 atom stereocenters. The first-order valence-electron chi connectivity index (χ1n) is 15.1. The Hall–Kier alpha value is 0.0887. The molecule has 0 aliphatic carbocycles. The van der Waals surface area contributed by atoms with Crippen molar-refractivity contribution in [2.45, 2.75) is 147 Å². The monoisotopic (exact) mass is 629 g/mol. The summed E-state index contributed by atoms with van der Waals surface area (Å²) < 4.78 is 27.7. The number of hydrogen-bond donors (Lipinski definition) is 1. The minimum absolute atomic E-state index is 0.199. The van der Waals surface area contributed by atoms with Crippen molar-refractivity contribution >= 4 is 29.4 Å². The van der Waals surface area contributed by atoms with Crippen LogP contribution in [0.15, 0.2) is 30.3 Å². The van der Waals surface area contributed by atoms with Crippen LogP contribution in [0.3, 0.4) is 0 Å². The van der Waals surface area contributed by atoms with Crippen molar-refractivity contribution in [2.75, 3.05) is 6.61 Å². The van der Waals surface area contributed by atoms with Gasteiger partial charge in [-0.05, 0) is 0 Å². The second-order valence-corrected chi connectivity index (χ2v) is 27.9. The maximum absolute atomic E-state index is 13.3. The van der Waals surface area contributed by atoms with E-state index in [-0.39, 0.29) is 4.75 Å². The second-order valence-electron chi connectivity index (χ2n) is 11.8. The molecule has 0 radical (unpaired) electrons. The number of rotatable bonds is 22. The fraction of sp³-hybridized carbons (Fsp3) is 0.806. The molecule has 5 heteroatoms. The van der Waals surface area contributed by atoms with Crippen LogP contribution >= 0.6 is 0 Å². The van der Waals surface area contributed by atoms with Crippen LogP contribution in [0.4, 0.5) is 0 Å². The van der Waals surface area contributed by atoms with E-state index < -0.39 is 29.4 Å². The summed E-state index contributed by atoms with van der Waals surface area (Å²) in [4.78, 5) is 0. The third-order valence-electron chi connectivity index (χ3n) is 7.52. The number of unbranched alkanes of at least 4 members (excludes halogenated alkanes) is 7. The van der Waals surface area contributed by atoms with Gasteiger partial charge in [0.05, 0.1) is 0 Å². The van der Waals surface area contributed by atoms with Gasteiger partial charge >= 0.3 is 215 Å². The topological polar surface area (TPSA) is 38.3 Å². The maximum atomic E-state index is 13.3. The fourth-order valence-corrected chi connectivity index (χ4v) is 25.7. The molecule has 3 nitrogen and oxygen atoms in total. The van der Waals surface area contributed by atoms with E-state index in [1.165, 1.54) is 89.5 Å². The molecule has 0 aliphatic heterocycles. The summed E-state index contributed by atoms with van der Waals surface area (Å²) in [6.07, 6.45) is 15.4. The molecule has 0 heterocycles. The Labute approximate surface area is 231 Å². The van der Waals surface area contributed by atoms with Crippen LogP contribution in [-0.4, -0.2) is 38.0 Å². The summed E-state index contributed by atoms with van der Waals surface area (Å²) in [5, 5.41) is 0. The van der Waals surface area contributed by atoms with Gasteiger partial charge < -0.3 is 0 Å². The van der Waals surface area contributed by atoms with Gasteiger partial charge in [-0.1, -0.05) is 18.2 Å². The van der Waals surface area contributed by atoms with Gasteiger partial charge in [0.2, 0.25) is 0 Å². The summed E-state index contributed by atoms with van der Waals surface area (Å²) >= 11 is -2.52. The van der Waals surface area contributed by atoms with E-state index in [4.69, 9.17) is 4.74 Å². The average Bonchev–Trinajstić information content (AvgIpc) is 2.86. The third-order valence-corrected chi connectivity index (χ3v) is 26.7. The van der Waals surface area contributed by atoms with Gasteiger partial charge in [0.15, 0.2) is 0 Å². The molecular weight excluding hydrogens is 569 g/mol. The molecule has 36 heavy (non-hydrogen) atoms. The third kappa shape index (κ3) is 14.3. The van der Waals surface area contributed by atoms with E-state index >= 15 is 0 Å². The van der Waals surface area contributed by atoms with Crippen molar-refractivity contribution in [1.82, 2.24) is 4.72 Å². The molecule has 0 saturated heterocycles. The van der Waals surface area contributed by atoms with Crippen LogP contribution in [-0.2, 0) is 22.3 Å². The molecule has 1 unspecified atom stereocenters. The molecule has 0 fully saturated rings. The molecule has 0 saturated carbocycles. The number of nitrogens with one attached hydrogen (secondary N) is 1. The van der Waals surface area contributed by atoms with Crippen molar-refractivity contribution in [3.63, 3.8) is 0 Å². The zero-order valence-electron chi connectivity index (χ0n) is 24.7. The summed E-state index contributed by atoms with van der Waals surface area (Å²) in [7, 11) is -0.973. The van der Waals surface area contributed by atoms with Crippen molar-refractivity contribution in [2.24, 2.45) is 0 Å². The first-order valence-corrected chi connectivity index (χ1v) is 23.9. The molecular formula is C31H59NO2SSn. The Kier molecular flexibility index (Phi) is 19.0. The summed E-state index contributed by atoms with van der Waals surface area (Å²) in [5.74, 6) is 0. The average molecular weight is 629 g/mol. The first-order chi connectivity index (χ1) is 17.3. The van der Waals surface area contributed by atoms with Gasteiger partial charge in [-0.25, -0.2) is 0 Å². The molecule has 0 bridgehead atoms. The Morgan fingerprint density at radius 1 is 0.806 bits per heavy atom. The Morgan fingerprint density at radius 2 is 1.33 bits per heavy atom. The van der Waals surface area contributed by atoms with Gasteiger partial charge in [0.25, 0.3) is 0 Å². The molecule has 0 aliphatic rings. The van der Waals surface area contributed by atoms with Crippen molar-refractivity contribution in [3.8, 4) is 0 Å². The Balaban J connectivity index is 2.65. The van der Waals surface area contributed by atoms with Crippen LogP contribution in [0.2, 0.25) is 13.3 Å². The van der Waals surface area contributed by atoms with Gasteiger partial charge in [0, 0.05) is 0 Å². The van der Waals surface area contributed by atoms with E-state index in [2.05, 4.69) is 76.6 Å². The summed E-state index contributed by atoms with van der Waals surface area (Å²) in [5.41, 5.74) is 1.26. The Morgan fingerprint density at radius 3 is 1.86 bits per heavy atom. The normalized spacial score (nSPS) is 14.2. The number of ether oxygens (including phenoxy) is 1. The molecule has 210 valence electrons. The van der Waals surface area contributed by atoms with Gasteiger partial charge in [-0.2, -0.15) is 0 Å². The summed E-state index contributed by atoms with van der Waals surface area (Å²) in [6.45, 7) is 15.0. The molecule has 1 rings (SSSR count). The van der Waals surface area contributed by atoms with E-state index in [1.54, 1.807) is 0 Å². The first kappa shape index (κ1) is 34.1. The Bertz CT molecular complexity index is 655. The molecule has 0 aromatic heterocycles.